The number of nitrogens with zero attached hydrogens (tertiary/aromatic N) is 2. The van der Waals surface area contributed by atoms with Gasteiger partial charge in [0.1, 0.15) is 0 Å². The van der Waals surface area contributed by atoms with Crippen molar-refractivity contribution >= 4 is 0 Å². The molecule has 4 nitrogen and oxygen atoms in total. The summed E-state index contributed by atoms with van der Waals surface area (Å²) < 4.78 is 1.84. The van der Waals surface area contributed by atoms with Crippen molar-refractivity contribution in [1.29, 1.82) is 0 Å². The first kappa shape index (κ1) is 10.6. The Hall–Kier alpha value is -0.870. The molecule has 2 atom stereocenters. The Balaban J connectivity index is 1.95. The molecule has 0 saturated heterocycles. The Labute approximate surface area is 90.8 Å². The number of hydrazine groups is 1. The fourth-order valence-electron chi connectivity index (χ4n) is 2.14. The molecule has 1 aromatic rings. The number of aromatic nitrogens is 2. The van der Waals surface area contributed by atoms with Crippen molar-refractivity contribution in [3.8, 4) is 0 Å². The minimum atomic E-state index is 0.354. The number of hydrogen-bond donors (Lipinski definition) is 2. The molecule has 1 saturated carbocycles. The summed E-state index contributed by atoms with van der Waals surface area (Å²) in [6.07, 6.45) is 5.63. The van der Waals surface area contributed by atoms with Crippen LogP contribution in [0.1, 0.15) is 25.5 Å². The lowest BCUT2D eigenvalue weighted by atomic mass is 9.93. The number of nitrogens with two attached hydrogens (primary N) is 1. The van der Waals surface area contributed by atoms with Crippen LogP contribution in [0.4, 0.5) is 0 Å². The van der Waals surface area contributed by atoms with Crippen LogP contribution in [-0.4, -0.2) is 15.8 Å². The number of nitrogens with one attached hydrogen (secondary N) is 1. The molecule has 3 N–H and O–H groups in total. The lowest BCUT2D eigenvalue weighted by Gasteiger charge is -2.22. The summed E-state index contributed by atoms with van der Waals surface area (Å²) >= 11 is 0. The van der Waals surface area contributed by atoms with Crippen LogP contribution >= 0.6 is 0 Å². The van der Waals surface area contributed by atoms with Gasteiger partial charge in [0, 0.05) is 25.7 Å². The van der Waals surface area contributed by atoms with Crippen molar-refractivity contribution < 1.29 is 0 Å². The summed E-state index contributed by atoms with van der Waals surface area (Å²) in [6.45, 7) is 2.28. The van der Waals surface area contributed by atoms with Crippen LogP contribution in [0.5, 0.6) is 0 Å². The average Bonchev–Trinajstić information content (AvgIpc) is 2.99. The fourth-order valence-corrected chi connectivity index (χ4v) is 2.14. The van der Waals surface area contributed by atoms with Gasteiger partial charge in [0.2, 0.25) is 0 Å². The SMILES string of the molecule is CC(C1CC1)C(Cc1ccn(C)n1)NN. The molecule has 1 fully saturated rings. The zero-order valence-electron chi connectivity index (χ0n) is 9.48. The van der Waals surface area contributed by atoms with Gasteiger partial charge in [-0.3, -0.25) is 16.0 Å². The quantitative estimate of drug-likeness (QED) is 0.557. The van der Waals surface area contributed by atoms with Crippen LogP contribution in [0, 0.1) is 11.8 Å². The van der Waals surface area contributed by atoms with E-state index in [1.807, 2.05) is 17.9 Å². The van der Waals surface area contributed by atoms with Gasteiger partial charge in [0.25, 0.3) is 0 Å². The normalized spacial score (nSPS) is 20.2. The van der Waals surface area contributed by atoms with Crippen molar-refractivity contribution in [3.05, 3.63) is 18.0 Å². The molecule has 1 aliphatic carbocycles. The largest absolute Gasteiger partial charge is 0.276 e. The van der Waals surface area contributed by atoms with Crippen LogP contribution in [0.25, 0.3) is 0 Å². The van der Waals surface area contributed by atoms with E-state index in [-0.39, 0.29) is 0 Å². The van der Waals surface area contributed by atoms with Gasteiger partial charge in [-0.1, -0.05) is 6.92 Å². The maximum absolute atomic E-state index is 5.61. The summed E-state index contributed by atoms with van der Waals surface area (Å²) in [6, 6.07) is 2.41. The van der Waals surface area contributed by atoms with E-state index in [0.29, 0.717) is 12.0 Å². The average molecular weight is 208 g/mol. The van der Waals surface area contributed by atoms with E-state index in [1.54, 1.807) is 0 Å². The molecule has 4 heteroatoms. The Morgan fingerprint density at radius 3 is 2.87 bits per heavy atom. The Morgan fingerprint density at radius 1 is 1.67 bits per heavy atom. The summed E-state index contributed by atoms with van der Waals surface area (Å²) in [5.41, 5.74) is 4.05. The summed E-state index contributed by atoms with van der Waals surface area (Å²) in [7, 11) is 1.94. The number of aryl methyl sites for hydroxylation is 1. The zero-order valence-corrected chi connectivity index (χ0v) is 9.48. The smallest absolute Gasteiger partial charge is 0.0640 e. The van der Waals surface area contributed by atoms with Crippen molar-refractivity contribution in [3.63, 3.8) is 0 Å². The van der Waals surface area contributed by atoms with Gasteiger partial charge < -0.3 is 0 Å². The number of rotatable bonds is 5. The maximum Gasteiger partial charge on any atom is 0.0640 e. The van der Waals surface area contributed by atoms with Crippen LogP contribution < -0.4 is 11.3 Å². The topological polar surface area (TPSA) is 55.9 Å². The second-order valence-electron chi connectivity index (χ2n) is 4.65. The molecule has 0 radical (unpaired) electrons. The molecule has 2 rings (SSSR count). The molecule has 1 aromatic heterocycles. The van der Waals surface area contributed by atoms with Gasteiger partial charge in [-0.25, -0.2) is 0 Å². The molecule has 0 spiro atoms. The van der Waals surface area contributed by atoms with Crippen molar-refractivity contribution in [2.45, 2.75) is 32.2 Å². The lowest BCUT2D eigenvalue weighted by Crippen LogP contribution is -2.42. The highest BCUT2D eigenvalue weighted by Gasteiger charge is 2.33. The van der Waals surface area contributed by atoms with Gasteiger partial charge in [0.05, 0.1) is 5.69 Å². The van der Waals surface area contributed by atoms with E-state index >= 15 is 0 Å². The highest BCUT2D eigenvalue weighted by atomic mass is 15.3. The first-order valence-electron chi connectivity index (χ1n) is 5.65. The van der Waals surface area contributed by atoms with E-state index in [0.717, 1.165) is 18.0 Å². The van der Waals surface area contributed by atoms with Gasteiger partial charge >= 0.3 is 0 Å². The van der Waals surface area contributed by atoms with Crippen LogP contribution in [-0.2, 0) is 13.5 Å². The predicted octanol–water partition coefficient (Wildman–Crippen LogP) is 0.841. The van der Waals surface area contributed by atoms with Crippen molar-refractivity contribution in [1.82, 2.24) is 15.2 Å². The minimum Gasteiger partial charge on any atom is -0.276 e. The van der Waals surface area contributed by atoms with E-state index < -0.39 is 0 Å². The first-order valence-corrected chi connectivity index (χ1v) is 5.65. The van der Waals surface area contributed by atoms with E-state index in [4.69, 9.17) is 5.84 Å². The molecular weight excluding hydrogens is 188 g/mol. The van der Waals surface area contributed by atoms with Gasteiger partial charge in [-0.05, 0) is 30.7 Å². The molecule has 0 aliphatic heterocycles. The van der Waals surface area contributed by atoms with Gasteiger partial charge in [-0.15, -0.1) is 0 Å². The fraction of sp³-hybridized carbons (Fsp3) is 0.727. The van der Waals surface area contributed by atoms with Gasteiger partial charge in [0.15, 0.2) is 0 Å². The number of hydrogen-bond acceptors (Lipinski definition) is 3. The predicted molar refractivity (Wildman–Crippen MR) is 59.9 cm³/mol. The maximum atomic E-state index is 5.61. The van der Waals surface area contributed by atoms with E-state index in [9.17, 15) is 0 Å². The molecule has 0 amide bonds. The minimum absolute atomic E-state index is 0.354. The Morgan fingerprint density at radius 2 is 2.40 bits per heavy atom. The standard InChI is InChI=1S/C11H20N4/c1-8(9-3-4-9)11(13-12)7-10-5-6-15(2)14-10/h5-6,8-9,11,13H,3-4,7,12H2,1-2H3. The summed E-state index contributed by atoms with van der Waals surface area (Å²) in [4.78, 5) is 0. The zero-order chi connectivity index (χ0) is 10.8. The van der Waals surface area contributed by atoms with Crippen LogP contribution in [0.3, 0.4) is 0 Å². The summed E-state index contributed by atoms with van der Waals surface area (Å²) in [5, 5.41) is 4.38. The molecule has 1 aliphatic rings. The molecule has 15 heavy (non-hydrogen) atoms. The summed E-state index contributed by atoms with van der Waals surface area (Å²) in [5.74, 6) is 7.13. The Bertz CT molecular complexity index is 316. The molecule has 1 heterocycles. The highest BCUT2D eigenvalue weighted by Crippen LogP contribution is 2.38. The molecule has 0 aromatic carbocycles. The molecule has 84 valence electrons. The third kappa shape index (κ3) is 2.58. The van der Waals surface area contributed by atoms with E-state index in [1.165, 1.54) is 12.8 Å². The third-order valence-corrected chi connectivity index (χ3v) is 3.41. The third-order valence-electron chi connectivity index (χ3n) is 3.41. The molecule has 0 bridgehead atoms. The van der Waals surface area contributed by atoms with Crippen molar-refractivity contribution in [2.75, 3.05) is 0 Å². The Kier molecular flexibility index (Phi) is 3.07. The lowest BCUT2D eigenvalue weighted by molar-refractivity contribution is 0.341. The highest BCUT2D eigenvalue weighted by molar-refractivity contribution is 5.02. The second-order valence-corrected chi connectivity index (χ2v) is 4.65. The van der Waals surface area contributed by atoms with Crippen LogP contribution in [0.15, 0.2) is 12.3 Å². The van der Waals surface area contributed by atoms with Gasteiger partial charge in [-0.2, -0.15) is 5.10 Å². The molecular formula is C11H20N4. The molecule has 2 unspecified atom stereocenters. The van der Waals surface area contributed by atoms with E-state index in [2.05, 4.69) is 23.5 Å². The monoisotopic (exact) mass is 208 g/mol. The second kappa shape index (κ2) is 4.33. The van der Waals surface area contributed by atoms with Crippen LogP contribution in [0.2, 0.25) is 0 Å². The van der Waals surface area contributed by atoms with Crippen molar-refractivity contribution in [2.24, 2.45) is 24.7 Å². The first-order chi connectivity index (χ1) is 7.20.